The topological polar surface area (TPSA) is 66.0 Å². The van der Waals surface area contributed by atoms with Gasteiger partial charge in [0.2, 0.25) is 11.7 Å². The van der Waals surface area contributed by atoms with Crippen molar-refractivity contribution in [1.82, 2.24) is 5.32 Å². The van der Waals surface area contributed by atoms with Crippen molar-refractivity contribution < 1.29 is 23.7 Å². The van der Waals surface area contributed by atoms with Gasteiger partial charge in [-0.2, -0.15) is 0 Å². The normalized spacial score (nSPS) is 10.2. The summed E-state index contributed by atoms with van der Waals surface area (Å²) >= 11 is 1.56. The quantitative estimate of drug-likeness (QED) is 0.671. The van der Waals surface area contributed by atoms with Gasteiger partial charge in [-0.15, -0.1) is 11.8 Å². The van der Waals surface area contributed by atoms with Crippen LogP contribution in [0.1, 0.15) is 11.1 Å². The third-order valence-corrected chi connectivity index (χ3v) is 4.88. The molecule has 0 aromatic heterocycles. The number of rotatable bonds is 10. The Hall–Kier alpha value is -2.54. The molecule has 0 heterocycles. The molecule has 0 aliphatic heterocycles. The van der Waals surface area contributed by atoms with Gasteiger partial charge in [0.1, 0.15) is 5.75 Å². The van der Waals surface area contributed by atoms with Crippen LogP contribution in [-0.4, -0.2) is 40.1 Å². The number of amides is 1. The van der Waals surface area contributed by atoms with Crippen LogP contribution < -0.4 is 24.3 Å². The number of ether oxygens (including phenoxy) is 4. The second-order valence-electron chi connectivity index (χ2n) is 5.65. The number of methoxy groups -OCH3 is 4. The second-order valence-corrected chi connectivity index (χ2v) is 6.64. The minimum atomic E-state index is -0.0257. The van der Waals surface area contributed by atoms with E-state index in [9.17, 15) is 4.79 Å². The van der Waals surface area contributed by atoms with Crippen LogP contribution in [0, 0.1) is 0 Å². The SMILES string of the molecule is COc1ccc(CSCC(=O)NCc2cc(OC)c(OC)c(OC)c2)cc1. The van der Waals surface area contributed by atoms with E-state index in [4.69, 9.17) is 18.9 Å². The van der Waals surface area contributed by atoms with Gasteiger partial charge in [0.15, 0.2) is 11.5 Å². The van der Waals surface area contributed by atoms with Crippen LogP contribution in [0.2, 0.25) is 0 Å². The minimum absolute atomic E-state index is 0.0257. The predicted molar refractivity (Wildman–Crippen MR) is 107 cm³/mol. The van der Waals surface area contributed by atoms with Crippen LogP contribution >= 0.6 is 11.8 Å². The van der Waals surface area contributed by atoms with E-state index >= 15 is 0 Å². The Balaban J connectivity index is 1.84. The summed E-state index contributed by atoms with van der Waals surface area (Å²) < 4.78 is 21.1. The van der Waals surface area contributed by atoms with Gasteiger partial charge in [-0.3, -0.25) is 4.79 Å². The Morgan fingerprint density at radius 3 is 2.04 bits per heavy atom. The van der Waals surface area contributed by atoms with Gasteiger partial charge in [0.05, 0.1) is 34.2 Å². The third-order valence-electron chi connectivity index (χ3n) is 3.88. The summed E-state index contributed by atoms with van der Waals surface area (Å²) in [7, 11) is 6.33. The first-order valence-electron chi connectivity index (χ1n) is 8.37. The standard InChI is InChI=1S/C20H25NO5S/c1-23-16-7-5-14(6-8-16)12-27-13-19(22)21-11-15-9-17(24-2)20(26-4)18(10-15)25-3/h5-10H,11-13H2,1-4H3,(H,21,22). The van der Waals surface area contributed by atoms with Crippen LogP contribution in [-0.2, 0) is 17.1 Å². The number of thioether (sulfide) groups is 1. The summed E-state index contributed by atoms with van der Waals surface area (Å²) in [5.41, 5.74) is 2.02. The van der Waals surface area contributed by atoms with E-state index in [0.717, 1.165) is 22.6 Å². The van der Waals surface area contributed by atoms with Crippen LogP contribution in [0.15, 0.2) is 36.4 Å². The number of carbonyl (C=O) groups excluding carboxylic acids is 1. The molecule has 2 rings (SSSR count). The van der Waals surface area contributed by atoms with E-state index in [2.05, 4.69) is 5.32 Å². The highest BCUT2D eigenvalue weighted by Crippen LogP contribution is 2.38. The Morgan fingerprint density at radius 1 is 0.889 bits per heavy atom. The van der Waals surface area contributed by atoms with Crippen molar-refractivity contribution >= 4 is 17.7 Å². The molecule has 146 valence electrons. The van der Waals surface area contributed by atoms with Crippen molar-refractivity contribution in [1.29, 1.82) is 0 Å². The lowest BCUT2D eigenvalue weighted by molar-refractivity contribution is -0.118. The van der Waals surface area contributed by atoms with Crippen molar-refractivity contribution in [2.75, 3.05) is 34.2 Å². The monoisotopic (exact) mass is 391 g/mol. The lowest BCUT2D eigenvalue weighted by atomic mass is 10.2. The number of hydrogen-bond donors (Lipinski definition) is 1. The summed E-state index contributed by atoms with van der Waals surface area (Å²) in [6.45, 7) is 0.388. The van der Waals surface area contributed by atoms with Gasteiger partial charge in [0.25, 0.3) is 0 Å². The molecule has 0 atom stereocenters. The molecule has 1 N–H and O–H groups in total. The first kappa shape index (κ1) is 20.8. The fourth-order valence-corrected chi connectivity index (χ4v) is 3.29. The van der Waals surface area contributed by atoms with E-state index < -0.39 is 0 Å². The third kappa shape index (κ3) is 5.99. The van der Waals surface area contributed by atoms with Gasteiger partial charge in [-0.25, -0.2) is 0 Å². The smallest absolute Gasteiger partial charge is 0.230 e. The van der Waals surface area contributed by atoms with Gasteiger partial charge in [-0.05, 0) is 35.4 Å². The average molecular weight is 391 g/mol. The molecule has 2 aromatic carbocycles. The molecule has 0 spiro atoms. The molecule has 27 heavy (non-hydrogen) atoms. The summed E-state index contributed by atoms with van der Waals surface area (Å²) in [4.78, 5) is 12.1. The van der Waals surface area contributed by atoms with Crippen molar-refractivity contribution in [3.05, 3.63) is 47.5 Å². The Morgan fingerprint density at radius 2 is 1.52 bits per heavy atom. The maximum absolute atomic E-state index is 12.1. The zero-order chi connectivity index (χ0) is 19.6. The molecule has 6 nitrogen and oxygen atoms in total. The number of benzene rings is 2. The van der Waals surface area contributed by atoms with Crippen molar-refractivity contribution in [2.45, 2.75) is 12.3 Å². The molecule has 0 saturated carbocycles. The molecular formula is C20H25NO5S. The maximum Gasteiger partial charge on any atom is 0.230 e. The highest BCUT2D eigenvalue weighted by atomic mass is 32.2. The van der Waals surface area contributed by atoms with Crippen molar-refractivity contribution in [3.63, 3.8) is 0 Å². The zero-order valence-corrected chi connectivity index (χ0v) is 16.9. The molecular weight excluding hydrogens is 366 g/mol. The van der Waals surface area contributed by atoms with Gasteiger partial charge < -0.3 is 24.3 Å². The van der Waals surface area contributed by atoms with Crippen LogP contribution in [0.5, 0.6) is 23.0 Å². The lowest BCUT2D eigenvalue weighted by Gasteiger charge is -2.14. The van der Waals surface area contributed by atoms with Crippen LogP contribution in [0.4, 0.5) is 0 Å². The molecule has 0 aliphatic rings. The average Bonchev–Trinajstić information content (AvgIpc) is 2.71. The van der Waals surface area contributed by atoms with E-state index in [1.165, 1.54) is 0 Å². The molecule has 0 aliphatic carbocycles. The van der Waals surface area contributed by atoms with Crippen molar-refractivity contribution in [3.8, 4) is 23.0 Å². The summed E-state index contributed by atoms with van der Waals surface area (Å²) in [6, 6.07) is 11.5. The summed E-state index contributed by atoms with van der Waals surface area (Å²) in [6.07, 6.45) is 0. The van der Waals surface area contributed by atoms with Gasteiger partial charge in [0, 0.05) is 12.3 Å². The van der Waals surface area contributed by atoms with E-state index in [-0.39, 0.29) is 5.91 Å². The molecule has 0 saturated heterocycles. The Kier molecular flexibility index (Phi) is 8.13. The number of carbonyl (C=O) groups is 1. The first-order chi connectivity index (χ1) is 13.1. The summed E-state index contributed by atoms with van der Waals surface area (Å²) in [5, 5.41) is 2.91. The highest BCUT2D eigenvalue weighted by molar-refractivity contribution is 7.99. The Bertz CT molecular complexity index is 724. The molecule has 0 bridgehead atoms. The number of nitrogens with one attached hydrogen (secondary N) is 1. The fourth-order valence-electron chi connectivity index (χ4n) is 2.47. The molecule has 0 unspecified atom stereocenters. The fraction of sp³-hybridized carbons (Fsp3) is 0.350. The van der Waals surface area contributed by atoms with Crippen LogP contribution in [0.3, 0.4) is 0 Å². The Labute approximate surface area is 164 Å². The lowest BCUT2D eigenvalue weighted by Crippen LogP contribution is -2.24. The molecule has 1 amide bonds. The predicted octanol–water partition coefficient (Wildman–Crippen LogP) is 3.27. The second kappa shape index (κ2) is 10.6. The number of hydrogen-bond acceptors (Lipinski definition) is 6. The summed E-state index contributed by atoms with van der Waals surface area (Å²) in [5.74, 6) is 3.61. The minimum Gasteiger partial charge on any atom is -0.497 e. The van der Waals surface area contributed by atoms with E-state index in [1.807, 2.05) is 36.4 Å². The molecule has 0 fully saturated rings. The highest BCUT2D eigenvalue weighted by Gasteiger charge is 2.13. The molecule has 2 aromatic rings. The first-order valence-corrected chi connectivity index (χ1v) is 9.53. The largest absolute Gasteiger partial charge is 0.497 e. The zero-order valence-electron chi connectivity index (χ0n) is 16.0. The van der Waals surface area contributed by atoms with E-state index in [1.54, 1.807) is 40.2 Å². The van der Waals surface area contributed by atoms with Gasteiger partial charge >= 0.3 is 0 Å². The van der Waals surface area contributed by atoms with Crippen LogP contribution in [0.25, 0.3) is 0 Å². The molecule has 0 radical (unpaired) electrons. The van der Waals surface area contributed by atoms with Crippen molar-refractivity contribution in [2.24, 2.45) is 0 Å². The molecule has 7 heteroatoms. The van der Waals surface area contributed by atoms with E-state index in [0.29, 0.717) is 29.5 Å². The maximum atomic E-state index is 12.1. The van der Waals surface area contributed by atoms with Gasteiger partial charge in [-0.1, -0.05) is 12.1 Å².